The third-order valence-corrected chi connectivity index (χ3v) is 4.69. The van der Waals surface area contributed by atoms with Crippen LogP contribution in [0, 0.1) is 12.8 Å². The Balaban J connectivity index is 1.82. The van der Waals surface area contributed by atoms with E-state index in [0.717, 1.165) is 15.7 Å². The molecule has 1 aliphatic rings. The number of hydrogen-bond donors (Lipinski definition) is 2. The van der Waals surface area contributed by atoms with Crippen LogP contribution in [0.4, 0.5) is 5.69 Å². The van der Waals surface area contributed by atoms with Crippen LogP contribution in [-0.2, 0) is 9.59 Å². The number of nitrogens with zero attached hydrogens (tertiary/aromatic N) is 1. The first-order chi connectivity index (χ1) is 9.97. The van der Waals surface area contributed by atoms with Crippen molar-refractivity contribution >= 4 is 33.5 Å². The van der Waals surface area contributed by atoms with Gasteiger partial charge >= 0.3 is 5.97 Å². The molecule has 1 fully saturated rings. The van der Waals surface area contributed by atoms with E-state index in [0.29, 0.717) is 25.9 Å². The van der Waals surface area contributed by atoms with E-state index in [1.807, 2.05) is 25.1 Å². The van der Waals surface area contributed by atoms with Gasteiger partial charge in [-0.3, -0.25) is 9.59 Å². The monoisotopic (exact) mass is 354 g/mol. The second kappa shape index (κ2) is 6.93. The Morgan fingerprint density at radius 2 is 2.05 bits per heavy atom. The van der Waals surface area contributed by atoms with Gasteiger partial charge in [-0.1, -0.05) is 15.9 Å². The van der Waals surface area contributed by atoms with Crippen LogP contribution in [0.15, 0.2) is 22.7 Å². The van der Waals surface area contributed by atoms with Crippen molar-refractivity contribution in [1.29, 1.82) is 0 Å². The molecule has 1 aromatic carbocycles. The second-order valence-electron chi connectivity index (χ2n) is 5.31. The summed E-state index contributed by atoms with van der Waals surface area (Å²) in [6.45, 7) is 3.28. The van der Waals surface area contributed by atoms with Gasteiger partial charge in [-0.15, -0.1) is 0 Å². The smallest absolute Gasteiger partial charge is 0.306 e. The number of carbonyl (C=O) groups excluding carboxylic acids is 1. The highest BCUT2D eigenvalue weighted by Crippen LogP contribution is 2.20. The molecule has 0 spiro atoms. The molecule has 6 heteroatoms. The van der Waals surface area contributed by atoms with Gasteiger partial charge in [0, 0.05) is 23.2 Å². The molecule has 114 valence electrons. The molecule has 5 nitrogen and oxygen atoms in total. The van der Waals surface area contributed by atoms with Crippen LogP contribution in [0.5, 0.6) is 0 Å². The van der Waals surface area contributed by atoms with Crippen LogP contribution in [0.3, 0.4) is 0 Å². The average molecular weight is 355 g/mol. The quantitative estimate of drug-likeness (QED) is 0.871. The number of halogens is 1. The molecule has 0 aliphatic carbocycles. The molecule has 1 aliphatic heterocycles. The minimum Gasteiger partial charge on any atom is -0.481 e. The summed E-state index contributed by atoms with van der Waals surface area (Å²) in [5, 5.41) is 12.1. The lowest BCUT2D eigenvalue weighted by Gasteiger charge is -2.30. The van der Waals surface area contributed by atoms with Gasteiger partial charge in [0.1, 0.15) is 0 Å². The number of rotatable bonds is 4. The highest BCUT2D eigenvalue weighted by atomic mass is 79.9. The van der Waals surface area contributed by atoms with E-state index < -0.39 is 5.97 Å². The van der Waals surface area contributed by atoms with E-state index in [1.54, 1.807) is 4.90 Å². The number of anilines is 1. The van der Waals surface area contributed by atoms with Crippen LogP contribution in [0.1, 0.15) is 18.4 Å². The van der Waals surface area contributed by atoms with Crippen molar-refractivity contribution in [2.75, 3.05) is 25.0 Å². The Hall–Kier alpha value is -1.56. The van der Waals surface area contributed by atoms with Gasteiger partial charge in [-0.05, 0) is 43.5 Å². The number of nitrogens with one attached hydrogen (secondary N) is 1. The molecule has 1 amide bonds. The van der Waals surface area contributed by atoms with Gasteiger partial charge in [0.2, 0.25) is 5.91 Å². The van der Waals surface area contributed by atoms with Crippen molar-refractivity contribution in [2.24, 2.45) is 5.92 Å². The van der Waals surface area contributed by atoms with Gasteiger partial charge < -0.3 is 15.3 Å². The second-order valence-corrected chi connectivity index (χ2v) is 6.17. The lowest BCUT2D eigenvalue weighted by Crippen LogP contribution is -2.42. The van der Waals surface area contributed by atoms with Crippen molar-refractivity contribution in [3.63, 3.8) is 0 Å². The van der Waals surface area contributed by atoms with E-state index >= 15 is 0 Å². The van der Waals surface area contributed by atoms with E-state index in [1.165, 1.54) is 0 Å². The number of likely N-dealkylation sites (tertiary alicyclic amines) is 1. The van der Waals surface area contributed by atoms with Crippen molar-refractivity contribution in [3.8, 4) is 0 Å². The molecule has 1 aromatic rings. The number of carboxylic acids is 1. The summed E-state index contributed by atoms with van der Waals surface area (Å²) in [5.74, 6) is -1.05. The molecule has 1 saturated heterocycles. The molecular formula is C15H19BrN2O3. The number of carbonyl (C=O) groups is 2. The first kappa shape index (κ1) is 15.8. The Bertz CT molecular complexity index is 540. The standard InChI is InChI=1S/C15H19BrN2O3/c1-10-8-12(2-3-13(10)16)17-9-14(19)18-6-4-11(5-7-18)15(20)21/h2-3,8,11,17H,4-7,9H2,1H3,(H,20,21). The number of hydrogen-bond acceptors (Lipinski definition) is 3. The van der Waals surface area contributed by atoms with Gasteiger partial charge in [0.25, 0.3) is 0 Å². The molecule has 0 unspecified atom stereocenters. The number of aliphatic carboxylic acids is 1. The van der Waals surface area contributed by atoms with E-state index in [4.69, 9.17) is 5.11 Å². The molecule has 0 radical (unpaired) electrons. The van der Waals surface area contributed by atoms with Gasteiger partial charge in [0.15, 0.2) is 0 Å². The molecule has 21 heavy (non-hydrogen) atoms. The van der Waals surface area contributed by atoms with E-state index in [-0.39, 0.29) is 18.4 Å². The van der Waals surface area contributed by atoms with Crippen molar-refractivity contribution in [1.82, 2.24) is 4.90 Å². The first-order valence-electron chi connectivity index (χ1n) is 6.98. The van der Waals surface area contributed by atoms with Crippen LogP contribution < -0.4 is 5.32 Å². The van der Waals surface area contributed by atoms with Gasteiger partial charge in [-0.2, -0.15) is 0 Å². The number of amides is 1. The number of aryl methyl sites for hydroxylation is 1. The van der Waals surface area contributed by atoms with Gasteiger partial charge in [0.05, 0.1) is 12.5 Å². The average Bonchev–Trinajstić information content (AvgIpc) is 2.48. The Morgan fingerprint density at radius 3 is 2.62 bits per heavy atom. The van der Waals surface area contributed by atoms with Crippen molar-refractivity contribution < 1.29 is 14.7 Å². The molecule has 0 aromatic heterocycles. The van der Waals surface area contributed by atoms with Crippen molar-refractivity contribution in [3.05, 3.63) is 28.2 Å². The minimum atomic E-state index is -0.759. The fourth-order valence-corrected chi connectivity index (χ4v) is 2.67. The molecule has 0 bridgehead atoms. The predicted molar refractivity (Wildman–Crippen MR) is 84.3 cm³/mol. The summed E-state index contributed by atoms with van der Waals surface area (Å²) < 4.78 is 1.04. The van der Waals surface area contributed by atoms with Crippen LogP contribution in [-0.4, -0.2) is 41.5 Å². The van der Waals surface area contributed by atoms with Crippen LogP contribution in [0.2, 0.25) is 0 Å². The summed E-state index contributed by atoms with van der Waals surface area (Å²) >= 11 is 3.44. The van der Waals surface area contributed by atoms with E-state index in [9.17, 15) is 9.59 Å². The summed E-state index contributed by atoms with van der Waals surface area (Å²) in [7, 11) is 0. The molecule has 2 N–H and O–H groups in total. The van der Waals surface area contributed by atoms with Crippen molar-refractivity contribution in [2.45, 2.75) is 19.8 Å². The SMILES string of the molecule is Cc1cc(NCC(=O)N2CCC(C(=O)O)CC2)ccc1Br. The minimum absolute atomic E-state index is 0.0133. The Morgan fingerprint density at radius 1 is 1.38 bits per heavy atom. The van der Waals surface area contributed by atoms with Crippen LogP contribution >= 0.6 is 15.9 Å². The zero-order chi connectivity index (χ0) is 15.4. The Kier molecular flexibility index (Phi) is 5.22. The molecular weight excluding hydrogens is 336 g/mol. The summed E-state index contributed by atoms with van der Waals surface area (Å²) in [6, 6.07) is 5.84. The maximum atomic E-state index is 12.1. The maximum Gasteiger partial charge on any atom is 0.306 e. The molecule has 0 atom stereocenters. The third-order valence-electron chi connectivity index (χ3n) is 3.80. The normalized spacial score (nSPS) is 15.8. The highest BCUT2D eigenvalue weighted by molar-refractivity contribution is 9.10. The predicted octanol–water partition coefficient (Wildman–Crippen LogP) is 2.49. The number of carboxylic acid groups (broad SMARTS) is 1. The van der Waals surface area contributed by atoms with Crippen LogP contribution in [0.25, 0.3) is 0 Å². The third kappa shape index (κ3) is 4.20. The highest BCUT2D eigenvalue weighted by Gasteiger charge is 2.26. The summed E-state index contributed by atoms with van der Waals surface area (Å²) in [6.07, 6.45) is 1.08. The molecule has 2 rings (SSSR count). The lowest BCUT2D eigenvalue weighted by atomic mass is 9.97. The fraction of sp³-hybridized carbons (Fsp3) is 0.467. The largest absolute Gasteiger partial charge is 0.481 e. The number of piperidine rings is 1. The topological polar surface area (TPSA) is 69.6 Å². The zero-order valence-electron chi connectivity index (χ0n) is 11.9. The van der Waals surface area contributed by atoms with E-state index in [2.05, 4.69) is 21.2 Å². The number of benzene rings is 1. The first-order valence-corrected chi connectivity index (χ1v) is 7.77. The Labute approximate surface area is 132 Å². The molecule has 1 heterocycles. The zero-order valence-corrected chi connectivity index (χ0v) is 13.5. The lowest BCUT2D eigenvalue weighted by molar-refractivity contribution is -0.145. The maximum absolute atomic E-state index is 12.1. The fourth-order valence-electron chi connectivity index (χ4n) is 2.42. The summed E-state index contributed by atoms with van der Waals surface area (Å²) in [5.41, 5.74) is 2.01. The summed E-state index contributed by atoms with van der Waals surface area (Å²) in [4.78, 5) is 24.7. The van der Waals surface area contributed by atoms with Gasteiger partial charge in [-0.25, -0.2) is 0 Å². The molecule has 0 saturated carbocycles.